The highest BCUT2D eigenvalue weighted by Crippen LogP contribution is 2.37. The molecule has 5 heteroatoms. The van der Waals surface area contributed by atoms with Crippen LogP contribution in [0.2, 0.25) is 0 Å². The van der Waals surface area contributed by atoms with Crippen molar-refractivity contribution in [1.82, 2.24) is 4.98 Å². The van der Waals surface area contributed by atoms with Crippen LogP contribution in [0.4, 0.5) is 13.2 Å². The lowest BCUT2D eigenvalue weighted by Crippen LogP contribution is -2.16. The molecule has 1 aromatic carbocycles. The number of benzene rings is 1. The summed E-state index contributed by atoms with van der Waals surface area (Å²) in [6.07, 6.45) is 6.25. The molecule has 0 saturated heterocycles. The van der Waals surface area contributed by atoms with E-state index in [1.165, 1.54) is 62.6 Å². The summed E-state index contributed by atoms with van der Waals surface area (Å²) in [4.78, 5) is 4.53. The van der Waals surface area contributed by atoms with E-state index in [0.29, 0.717) is 5.92 Å². The molecule has 1 aliphatic carbocycles. The zero-order valence-electron chi connectivity index (χ0n) is 15.6. The van der Waals surface area contributed by atoms with Gasteiger partial charge in [-0.05, 0) is 73.4 Å². The van der Waals surface area contributed by atoms with Crippen molar-refractivity contribution in [3.8, 4) is 17.0 Å². The van der Waals surface area contributed by atoms with Crippen LogP contribution in [0.3, 0.4) is 0 Å². The summed E-state index contributed by atoms with van der Waals surface area (Å²) in [5.74, 6) is 1.24. The van der Waals surface area contributed by atoms with E-state index in [-0.39, 0.29) is 5.75 Å². The minimum absolute atomic E-state index is 0.220. The molecule has 0 amide bonds. The molecule has 1 aromatic heterocycles. The van der Waals surface area contributed by atoms with Gasteiger partial charge in [0.1, 0.15) is 5.75 Å². The van der Waals surface area contributed by atoms with Crippen molar-refractivity contribution in [1.29, 1.82) is 0 Å². The molecule has 0 bridgehead atoms. The normalized spacial score (nSPS) is 20.4. The van der Waals surface area contributed by atoms with Crippen LogP contribution in [0.15, 0.2) is 42.6 Å². The number of halogens is 3. The van der Waals surface area contributed by atoms with Crippen LogP contribution in [0.25, 0.3) is 11.3 Å². The van der Waals surface area contributed by atoms with Gasteiger partial charge in [-0.3, -0.25) is 4.98 Å². The predicted octanol–water partition coefficient (Wildman–Crippen LogP) is 7.11. The molecule has 1 heterocycles. The maximum Gasteiger partial charge on any atom is 0.573 e. The second kappa shape index (κ2) is 8.77. The first-order valence-corrected chi connectivity index (χ1v) is 9.76. The SMILES string of the molecule is CCCCC1CCC(c2ccc(-c3ccc(OC(F)(F)F)cc3)nc2)CC1. The number of aromatic nitrogens is 1. The molecule has 146 valence electrons. The first-order chi connectivity index (χ1) is 12.9. The number of ether oxygens (including phenoxy) is 1. The van der Waals surface area contributed by atoms with Gasteiger partial charge in [0.15, 0.2) is 0 Å². The van der Waals surface area contributed by atoms with Crippen molar-refractivity contribution in [2.45, 2.75) is 64.1 Å². The zero-order chi connectivity index (χ0) is 19.3. The number of rotatable bonds is 6. The van der Waals surface area contributed by atoms with Crippen molar-refractivity contribution in [2.75, 3.05) is 0 Å². The third-order valence-corrected chi connectivity index (χ3v) is 5.45. The van der Waals surface area contributed by atoms with E-state index < -0.39 is 6.36 Å². The van der Waals surface area contributed by atoms with Gasteiger partial charge in [-0.1, -0.05) is 32.3 Å². The van der Waals surface area contributed by atoms with Crippen LogP contribution >= 0.6 is 0 Å². The van der Waals surface area contributed by atoms with E-state index >= 15 is 0 Å². The highest BCUT2D eigenvalue weighted by atomic mass is 19.4. The fourth-order valence-electron chi connectivity index (χ4n) is 3.92. The van der Waals surface area contributed by atoms with Crippen molar-refractivity contribution in [3.63, 3.8) is 0 Å². The smallest absolute Gasteiger partial charge is 0.406 e. The van der Waals surface area contributed by atoms with Crippen molar-refractivity contribution in [2.24, 2.45) is 5.92 Å². The largest absolute Gasteiger partial charge is 0.573 e. The molecule has 2 aromatic rings. The topological polar surface area (TPSA) is 22.1 Å². The van der Waals surface area contributed by atoms with Gasteiger partial charge in [0, 0.05) is 11.8 Å². The van der Waals surface area contributed by atoms with E-state index in [1.807, 2.05) is 12.3 Å². The van der Waals surface area contributed by atoms with Crippen LogP contribution in [0.5, 0.6) is 5.75 Å². The van der Waals surface area contributed by atoms with Crippen LogP contribution in [-0.2, 0) is 0 Å². The molecule has 0 spiro atoms. The quantitative estimate of drug-likeness (QED) is 0.535. The van der Waals surface area contributed by atoms with Crippen molar-refractivity contribution >= 4 is 0 Å². The molecule has 1 fully saturated rings. The zero-order valence-corrected chi connectivity index (χ0v) is 15.6. The fourth-order valence-corrected chi connectivity index (χ4v) is 3.92. The second-order valence-corrected chi connectivity index (χ2v) is 7.41. The number of nitrogens with zero attached hydrogens (tertiary/aromatic N) is 1. The standard InChI is InChI=1S/C22H26F3NO/c1-2-3-4-16-5-7-17(8-6-16)19-11-14-21(26-15-19)18-9-12-20(13-10-18)27-22(23,24)25/h9-17H,2-8H2,1H3. The van der Waals surface area contributed by atoms with E-state index in [2.05, 4.69) is 22.7 Å². The lowest BCUT2D eigenvalue weighted by molar-refractivity contribution is -0.274. The minimum atomic E-state index is -4.67. The van der Waals surface area contributed by atoms with Gasteiger partial charge >= 0.3 is 6.36 Å². The van der Waals surface area contributed by atoms with Crippen LogP contribution in [-0.4, -0.2) is 11.3 Å². The predicted molar refractivity (Wildman–Crippen MR) is 101 cm³/mol. The van der Waals surface area contributed by atoms with E-state index in [4.69, 9.17) is 0 Å². The number of hydrogen-bond acceptors (Lipinski definition) is 2. The van der Waals surface area contributed by atoms with Crippen LogP contribution in [0, 0.1) is 5.92 Å². The van der Waals surface area contributed by atoms with Crippen LogP contribution in [0.1, 0.15) is 63.4 Å². The maximum absolute atomic E-state index is 12.2. The molecule has 2 nitrogen and oxygen atoms in total. The Kier molecular flexibility index (Phi) is 6.40. The lowest BCUT2D eigenvalue weighted by Gasteiger charge is -2.28. The molecule has 27 heavy (non-hydrogen) atoms. The lowest BCUT2D eigenvalue weighted by atomic mass is 9.77. The summed E-state index contributed by atoms with van der Waals surface area (Å²) in [6.45, 7) is 2.25. The second-order valence-electron chi connectivity index (χ2n) is 7.41. The van der Waals surface area contributed by atoms with Gasteiger partial charge in [0.05, 0.1) is 5.69 Å². The number of hydrogen-bond donors (Lipinski definition) is 0. The average molecular weight is 377 g/mol. The Labute approximate surface area is 158 Å². The van der Waals surface area contributed by atoms with Gasteiger partial charge in [0.2, 0.25) is 0 Å². The Morgan fingerprint density at radius 2 is 1.70 bits per heavy atom. The molecular weight excluding hydrogens is 351 g/mol. The number of unbranched alkanes of at least 4 members (excludes halogenated alkanes) is 1. The Morgan fingerprint density at radius 3 is 2.26 bits per heavy atom. The summed E-state index contributed by atoms with van der Waals surface area (Å²) < 4.78 is 40.6. The fraction of sp³-hybridized carbons (Fsp3) is 0.500. The third-order valence-electron chi connectivity index (χ3n) is 5.45. The van der Waals surface area contributed by atoms with Gasteiger partial charge in [-0.2, -0.15) is 0 Å². The number of pyridine rings is 1. The molecule has 0 radical (unpaired) electrons. The Morgan fingerprint density at radius 1 is 1.00 bits per heavy atom. The van der Waals surface area contributed by atoms with Gasteiger partial charge in [-0.25, -0.2) is 0 Å². The van der Waals surface area contributed by atoms with Crippen molar-refractivity contribution in [3.05, 3.63) is 48.2 Å². The molecule has 3 rings (SSSR count). The summed E-state index contributed by atoms with van der Waals surface area (Å²) in [5, 5.41) is 0. The summed E-state index contributed by atoms with van der Waals surface area (Å²) in [6, 6.07) is 9.90. The molecule has 1 saturated carbocycles. The molecular formula is C22H26F3NO. The van der Waals surface area contributed by atoms with E-state index in [1.54, 1.807) is 12.1 Å². The Hall–Kier alpha value is -2.04. The molecule has 1 aliphatic rings. The highest BCUT2D eigenvalue weighted by molar-refractivity contribution is 5.60. The minimum Gasteiger partial charge on any atom is -0.406 e. The Balaban J connectivity index is 1.59. The molecule has 0 atom stereocenters. The first kappa shape index (κ1) is 19.7. The first-order valence-electron chi connectivity index (χ1n) is 9.76. The Bertz CT molecular complexity index is 702. The van der Waals surface area contributed by atoms with Gasteiger partial charge < -0.3 is 4.74 Å². The summed E-state index contributed by atoms with van der Waals surface area (Å²) in [5.41, 5.74) is 2.80. The monoisotopic (exact) mass is 377 g/mol. The van der Waals surface area contributed by atoms with E-state index in [9.17, 15) is 13.2 Å². The maximum atomic E-state index is 12.2. The van der Waals surface area contributed by atoms with E-state index in [0.717, 1.165) is 17.2 Å². The molecule has 0 unspecified atom stereocenters. The molecule has 0 N–H and O–H groups in total. The van der Waals surface area contributed by atoms with Crippen molar-refractivity contribution < 1.29 is 17.9 Å². The van der Waals surface area contributed by atoms with Crippen LogP contribution < -0.4 is 4.74 Å². The number of alkyl halides is 3. The summed E-state index contributed by atoms with van der Waals surface area (Å²) in [7, 11) is 0. The van der Waals surface area contributed by atoms with Gasteiger partial charge in [-0.15, -0.1) is 13.2 Å². The van der Waals surface area contributed by atoms with Gasteiger partial charge in [0.25, 0.3) is 0 Å². The highest BCUT2D eigenvalue weighted by Gasteiger charge is 2.31. The average Bonchev–Trinajstić information content (AvgIpc) is 2.66. The molecule has 0 aliphatic heterocycles. The third kappa shape index (κ3) is 5.72. The summed E-state index contributed by atoms with van der Waals surface area (Å²) >= 11 is 0.